The fourth-order valence-electron chi connectivity index (χ4n) is 4.08. The van der Waals surface area contributed by atoms with Crippen LogP contribution in [0.1, 0.15) is 28.4 Å². The topological polar surface area (TPSA) is 106 Å². The lowest BCUT2D eigenvalue weighted by Crippen LogP contribution is -2.47. The Morgan fingerprint density at radius 2 is 1.73 bits per heavy atom. The summed E-state index contributed by atoms with van der Waals surface area (Å²) in [4.78, 5) is 25.1. The van der Waals surface area contributed by atoms with Crippen LogP contribution >= 0.6 is 0 Å². The first-order valence-electron chi connectivity index (χ1n) is 12.1. The molecule has 1 amide bonds. The summed E-state index contributed by atoms with van der Waals surface area (Å²) in [5.74, 6) is 0.246. The van der Waals surface area contributed by atoms with Gasteiger partial charge in [-0.15, -0.1) is 0 Å². The molecular weight excluding hydrogens is 473 g/mol. The van der Waals surface area contributed by atoms with Crippen molar-refractivity contribution in [1.82, 2.24) is 19.8 Å². The van der Waals surface area contributed by atoms with Crippen LogP contribution in [0.4, 0.5) is 27.5 Å². The van der Waals surface area contributed by atoms with Crippen LogP contribution in [-0.2, 0) is 0 Å². The summed E-state index contributed by atoms with van der Waals surface area (Å²) < 4.78 is 20.2. The van der Waals surface area contributed by atoms with Gasteiger partial charge < -0.3 is 25.2 Å². The number of nitriles is 1. The van der Waals surface area contributed by atoms with Crippen LogP contribution in [0.3, 0.4) is 0 Å². The zero-order valence-electron chi connectivity index (χ0n) is 21.4. The first-order chi connectivity index (χ1) is 17.7. The minimum atomic E-state index is -0.604. The number of likely N-dealkylation sites (N-methyl/N-ethyl adjacent to an activating group) is 1. The average molecular weight is 504 g/mol. The number of hydrogen-bond acceptors (Lipinski definition) is 8. The van der Waals surface area contributed by atoms with E-state index in [1.54, 1.807) is 43.3 Å². The highest BCUT2D eigenvalue weighted by molar-refractivity contribution is 5.94. The quantitative estimate of drug-likeness (QED) is 0.489. The van der Waals surface area contributed by atoms with Crippen LogP contribution < -0.4 is 15.4 Å². The third-order valence-electron chi connectivity index (χ3n) is 6.12. The molecule has 2 aromatic carbocycles. The molecule has 2 heterocycles. The number of nitrogens with one attached hydrogen (secondary N) is 2. The molecule has 3 aromatic rings. The van der Waals surface area contributed by atoms with Gasteiger partial charge in [0.1, 0.15) is 11.8 Å². The molecule has 1 aliphatic heterocycles. The fraction of sp³-hybridized carbons (Fsp3) is 0.333. The van der Waals surface area contributed by atoms with Gasteiger partial charge >= 0.3 is 0 Å². The predicted molar refractivity (Wildman–Crippen MR) is 140 cm³/mol. The smallest absolute Gasteiger partial charge is 0.253 e. The van der Waals surface area contributed by atoms with Crippen molar-refractivity contribution in [3.63, 3.8) is 0 Å². The van der Waals surface area contributed by atoms with Gasteiger partial charge in [0.2, 0.25) is 5.95 Å². The molecule has 1 aliphatic rings. The maximum atomic E-state index is 14.5. The molecular formula is C27H30FN7O2. The van der Waals surface area contributed by atoms with E-state index >= 15 is 0 Å². The van der Waals surface area contributed by atoms with Crippen molar-refractivity contribution in [2.45, 2.75) is 26.9 Å². The van der Waals surface area contributed by atoms with Gasteiger partial charge in [-0.1, -0.05) is 0 Å². The number of nitrogens with zero attached hydrogens (tertiary/aromatic N) is 5. The lowest BCUT2D eigenvalue weighted by molar-refractivity contribution is 0.0664. The summed E-state index contributed by atoms with van der Waals surface area (Å²) in [5.41, 5.74) is 3.53. The Kier molecular flexibility index (Phi) is 7.84. The van der Waals surface area contributed by atoms with Gasteiger partial charge in [-0.25, -0.2) is 9.37 Å². The molecule has 1 fully saturated rings. The third kappa shape index (κ3) is 6.32. The molecule has 1 atom stereocenters. The van der Waals surface area contributed by atoms with Crippen LogP contribution in [0.2, 0.25) is 0 Å². The molecule has 9 nitrogen and oxygen atoms in total. The van der Waals surface area contributed by atoms with E-state index in [-0.39, 0.29) is 17.7 Å². The molecule has 0 radical (unpaired) electrons. The Morgan fingerprint density at radius 3 is 2.35 bits per heavy atom. The van der Waals surface area contributed by atoms with Crippen molar-refractivity contribution in [2.24, 2.45) is 0 Å². The lowest BCUT2D eigenvalue weighted by Gasteiger charge is -2.32. The molecule has 0 bridgehead atoms. The van der Waals surface area contributed by atoms with Crippen molar-refractivity contribution < 1.29 is 13.9 Å². The second-order valence-corrected chi connectivity index (χ2v) is 9.14. The van der Waals surface area contributed by atoms with Crippen molar-refractivity contribution in [1.29, 1.82) is 5.26 Å². The summed E-state index contributed by atoms with van der Waals surface area (Å²) in [6, 6.07) is 12.7. The summed E-state index contributed by atoms with van der Waals surface area (Å²) in [5, 5.41) is 15.1. The van der Waals surface area contributed by atoms with E-state index in [1.807, 2.05) is 31.9 Å². The summed E-state index contributed by atoms with van der Waals surface area (Å²) in [6.07, 6.45) is 0.512. The Labute approximate surface area is 215 Å². The molecule has 10 heteroatoms. The standard InChI is InChI=1S/C27H30FN7O2/c1-17-13-22(14-18(2)24(17)37-19(3)15-29)31-25-23(28)16-30-27(33-25)32-21-7-5-20(6-8-21)26(36)35-11-9-34(4)10-12-35/h5-8,13-14,16,19H,9-12H2,1-4H3,(H2,30,31,32,33). The number of aryl methyl sites for hydroxylation is 2. The monoisotopic (exact) mass is 503 g/mol. The average Bonchev–Trinajstić information content (AvgIpc) is 2.88. The highest BCUT2D eigenvalue weighted by atomic mass is 19.1. The predicted octanol–water partition coefficient (Wildman–Crippen LogP) is 4.40. The maximum absolute atomic E-state index is 14.5. The van der Waals surface area contributed by atoms with E-state index in [2.05, 4.69) is 25.5 Å². The minimum absolute atomic E-state index is 0.00764. The van der Waals surface area contributed by atoms with Crippen LogP contribution in [0.25, 0.3) is 0 Å². The highest BCUT2D eigenvalue weighted by Crippen LogP contribution is 2.30. The van der Waals surface area contributed by atoms with E-state index < -0.39 is 11.9 Å². The summed E-state index contributed by atoms with van der Waals surface area (Å²) >= 11 is 0. The zero-order chi connectivity index (χ0) is 26.5. The van der Waals surface area contributed by atoms with Crippen LogP contribution in [0.15, 0.2) is 42.6 Å². The third-order valence-corrected chi connectivity index (χ3v) is 6.12. The van der Waals surface area contributed by atoms with Crippen molar-refractivity contribution in [3.05, 3.63) is 65.1 Å². The number of halogens is 1. The summed E-state index contributed by atoms with van der Waals surface area (Å²) in [7, 11) is 2.05. The number of aromatic nitrogens is 2. The maximum Gasteiger partial charge on any atom is 0.253 e. The lowest BCUT2D eigenvalue weighted by atomic mass is 10.1. The van der Waals surface area contributed by atoms with Crippen molar-refractivity contribution in [3.8, 4) is 11.8 Å². The van der Waals surface area contributed by atoms with Crippen molar-refractivity contribution >= 4 is 29.0 Å². The molecule has 0 aliphatic carbocycles. The van der Waals surface area contributed by atoms with Gasteiger partial charge in [-0.3, -0.25) is 4.79 Å². The van der Waals surface area contributed by atoms with Crippen LogP contribution in [0, 0.1) is 31.0 Å². The van der Waals surface area contributed by atoms with E-state index in [4.69, 9.17) is 10.00 Å². The number of carbonyl (C=O) groups excluding carboxylic acids is 1. The molecule has 0 spiro atoms. The van der Waals surface area contributed by atoms with E-state index in [0.29, 0.717) is 35.8 Å². The number of amides is 1. The van der Waals surface area contributed by atoms with Crippen molar-refractivity contribution in [2.75, 3.05) is 43.9 Å². The molecule has 2 N–H and O–H groups in total. The largest absolute Gasteiger partial charge is 0.475 e. The molecule has 192 valence electrons. The molecule has 1 saturated heterocycles. The summed E-state index contributed by atoms with van der Waals surface area (Å²) in [6.45, 7) is 8.54. The Balaban J connectivity index is 1.45. The van der Waals surface area contributed by atoms with Gasteiger partial charge in [0.05, 0.1) is 6.20 Å². The number of carbonyl (C=O) groups is 1. The van der Waals surface area contributed by atoms with Gasteiger partial charge in [-0.05, 0) is 75.3 Å². The van der Waals surface area contributed by atoms with Crippen LogP contribution in [0.5, 0.6) is 5.75 Å². The van der Waals surface area contributed by atoms with E-state index in [9.17, 15) is 9.18 Å². The first-order valence-corrected chi connectivity index (χ1v) is 12.1. The number of hydrogen-bond donors (Lipinski definition) is 2. The second-order valence-electron chi connectivity index (χ2n) is 9.14. The zero-order valence-corrected chi connectivity index (χ0v) is 21.4. The number of rotatable bonds is 7. The number of ether oxygens (including phenoxy) is 1. The Hall–Kier alpha value is -4.23. The molecule has 0 saturated carbocycles. The van der Waals surface area contributed by atoms with Gasteiger partial charge in [-0.2, -0.15) is 10.2 Å². The number of anilines is 4. The van der Waals surface area contributed by atoms with Gasteiger partial charge in [0, 0.05) is 43.1 Å². The van der Waals surface area contributed by atoms with Crippen LogP contribution in [-0.4, -0.2) is 65.0 Å². The Bertz CT molecular complexity index is 1290. The minimum Gasteiger partial charge on any atom is -0.475 e. The molecule has 1 unspecified atom stereocenters. The van der Waals surface area contributed by atoms with Gasteiger partial charge in [0.25, 0.3) is 5.91 Å². The number of benzene rings is 2. The van der Waals surface area contributed by atoms with E-state index in [0.717, 1.165) is 30.4 Å². The molecule has 1 aromatic heterocycles. The highest BCUT2D eigenvalue weighted by Gasteiger charge is 2.20. The normalized spacial score (nSPS) is 14.5. The Morgan fingerprint density at radius 1 is 1.08 bits per heavy atom. The number of piperazine rings is 1. The van der Waals surface area contributed by atoms with E-state index in [1.165, 1.54) is 0 Å². The SMILES string of the molecule is Cc1cc(Nc2nc(Nc3ccc(C(=O)N4CCN(C)CC4)cc3)ncc2F)cc(C)c1OC(C)C#N. The molecule has 37 heavy (non-hydrogen) atoms. The van der Waals surface area contributed by atoms with Gasteiger partial charge in [0.15, 0.2) is 17.7 Å². The molecule has 4 rings (SSSR count). The first kappa shape index (κ1) is 25.9. The fourth-order valence-corrected chi connectivity index (χ4v) is 4.08. The second kappa shape index (κ2) is 11.2.